The monoisotopic (exact) mass is 259 g/mol. The van der Waals surface area contributed by atoms with Gasteiger partial charge >= 0.3 is 0 Å². The first-order valence-corrected chi connectivity index (χ1v) is 5.91. The van der Waals surface area contributed by atoms with Gasteiger partial charge < -0.3 is 20.5 Å². The Bertz CT molecular complexity index is 558. The summed E-state index contributed by atoms with van der Waals surface area (Å²) in [5.41, 5.74) is 7.45. The van der Waals surface area contributed by atoms with Crippen molar-refractivity contribution in [3.63, 3.8) is 0 Å². The number of hydrogen-bond acceptors (Lipinski definition) is 5. The van der Waals surface area contributed by atoms with Crippen LogP contribution in [-0.4, -0.2) is 19.2 Å². The van der Waals surface area contributed by atoms with E-state index in [0.29, 0.717) is 12.3 Å². The maximum atomic E-state index is 5.69. The maximum Gasteiger partial charge on any atom is 0.146 e. The Morgan fingerprint density at radius 2 is 2.05 bits per heavy atom. The van der Waals surface area contributed by atoms with E-state index in [1.54, 1.807) is 20.4 Å². The van der Waals surface area contributed by atoms with Crippen molar-refractivity contribution in [1.29, 1.82) is 0 Å². The van der Waals surface area contributed by atoms with Crippen molar-refractivity contribution < 1.29 is 9.47 Å². The fraction of sp³-hybridized carbons (Fsp3) is 0.214. The van der Waals surface area contributed by atoms with E-state index in [1.807, 2.05) is 30.3 Å². The molecule has 0 spiro atoms. The van der Waals surface area contributed by atoms with Crippen LogP contribution < -0.4 is 20.5 Å². The number of ether oxygens (including phenoxy) is 2. The molecule has 1 heterocycles. The normalized spacial score (nSPS) is 10.1. The van der Waals surface area contributed by atoms with Crippen LogP contribution in [0.1, 0.15) is 5.56 Å². The van der Waals surface area contributed by atoms with Crippen LogP contribution in [-0.2, 0) is 6.54 Å². The highest BCUT2D eigenvalue weighted by atomic mass is 16.5. The van der Waals surface area contributed by atoms with Crippen LogP contribution in [0.25, 0.3) is 0 Å². The van der Waals surface area contributed by atoms with E-state index in [2.05, 4.69) is 10.3 Å². The van der Waals surface area contributed by atoms with Crippen molar-refractivity contribution in [3.8, 4) is 11.5 Å². The highest BCUT2D eigenvalue weighted by Crippen LogP contribution is 2.31. The van der Waals surface area contributed by atoms with Gasteiger partial charge in [0.1, 0.15) is 17.3 Å². The summed E-state index contributed by atoms with van der Waals surface area (Å²) in [4.78, 5) is 4.28. The van der Waals surface area contributed by atoms with Gasteiger partial charge in [-0.15, -0.1) is 0 Å². The first-order chi connectivity index (χ1) is 9.28. The van der Waals surface area contributed by atoms with Gasteiger partial charge in [-0.05, 0) is 18.2 Å². The Labute approximate surface area is 112 Å². The molecule has 5 nitrogen and oxygen atoms in total. The Hall–Kier alpha value is -2.27. The SMILES string of the molecule is COc1ccc(Nc2ncccc2CN)c(OC)c1. The number of nitrogens with one attached hydrogen (secondary N) is 1. The topological polar surface area (TPSA) is 69.4 Å². The first kappa shape index (κ1) is 13.2. The third-order valence-electron chi connectivity index (χ3n) is 2.77. The number of nitrogens with zero attached hydrogens (tertiary/aromatic N) is 1. The van der Waals surface area contributed by atoms with Gasteiger partial charge in [0.15, 0.2) is 0 Å². The van der Waals surface area contributed by atoms with E-state index >= 15 is 0 Å². The van der Waals surface area contributed by atoms with E-state index in [9.17, 15) is 0 Å². The predicted molar refractivity (Wildman–Crippen MR) is 75.0 cm³/mol. The van der Waals surface area contributed by atoms with Gasteiger partial charge in [0.2, 0.25) is 0 Å². The van der Waals surface area contributed by atoms with Gasteiger partial charge in [-0.1, -0.05) is 6.07 Å². The summed E-state index contributed by atoms with van der Waals surface area (Å²) < 4.78 is 10.5. The Balaban J connectivity index is 2.32. The average molecular weight is 259 g/mol. The lowest BCUT2D eigenvalue weighted by Crippen LogP contribution is -2.04. The van der Waals surface area contributed by atoms with Gasteiger partial charge in [0, 0.05) is 24.4 Å². The minimum absolute atomic E-state index is 0.425. The molecule has 0 aliphatic heterocycles. The molecule has 0 amide bonds. The van der Waals surface area contributed by atoms with Gasteiger partial charge in [-0.2, -0.15) is 0 Å². The summed E-state index contributed by atoms with van der Waals surface area (Å²) in [6.45, 7) is 0.425. The molecule has 0 atom stereocenters. The van der Waals surface area contributed by atoms with E-state index in [4.69, 9.17) is 15.2 Å². The van der Waals surface area contributed by atoms with Gasteiger partial charge in [-0.3, -0.25) is 0 Å². The molecule has 3 N–H and O–H groups in total. The molecule has 0 saturated carbocycles. The van der Waals surface area contributed by atoms with Gasteiger partial charge in [-0.25, -0.2) is 4.98 Å². The van der Waals surface area contributed by atoms with Crippen molar-refractivity contribution in [2.75, 3.05) is 19.5 Å². The van der Waals surface area contributed by atoms with Crippen LogP contribution >= 0.6 is 0 Å². The molecule has 0 saturated heterocycles. The number of aromatic nitrogens is 1. The van der Waals surface area contributed by atoms with E-state index < -0.39 is 0 Å². The molecule has 1 aromatic carbocycles. The molecule has 0 radical (unpaired) electrons. The quantitative estimate of drug-likeness (QED) is 0.862. The second-order valence-electron chi connectivity index (χ2n) is 3.91. The zero-order valence-electron chi connectivity index (χ0n) is 11.0. The lowest BCUT2D eigenvalue weighted by Gasteiger charge is -2.13. The Morgan fingerprint density at radius 3 is 2.74 bits per heavy atom. The summed E-state index contributed by atoms with van der Waals surface area (Å²) in [5.74, 6) is 2.16. The first-order valence-electron chi connectivity index (χ1n) is 5.91. The predicted octanol–water partition coefficient (Wildman–Crippen LogP) is 2.30. The molecule has 1 aromatic heterocycles. The fourth-order valence-electron chi connectivity index (χ4n) is 1.75. The molecular weight excluding hydrogens is 242 g/mol. The zero-order valence-corrected chi connectivity index (χ0v) is 11.0. The summed E-state index contributed by atoms with van der Waals surface area (Å²) in [7, 11) is 3.23. The molecule has 2 rings (SSSR count). The lowest BCUT2D eigenvalue weighted by atomic mass is 10.2. The van der Waals surface area contributed by atoms with Crippen LogP contribution in [0.4, 0.5) is 11.5 Å². The molecule has 0 aliphatic carbocycles. The van der Waals surface area contributed by atoms with Crippen molar-refractivity contribution in [1.82, 2.24) is 4.98 Å². The number of anilines is 2. The molecule has 0 aliphatic rings. The standard InChI is InChI=1S/C14H17N3O2/c1-18-11-5-6-12(13(8-11)19-2)17-14-10(9-15)4-3-7-16-14/h3-8H,9,15H2,1-2H3,(H,16,17). The number of rotatable bonds is 5. The molecule has 0 fully saturated rings. The molecule has 2 aromatic rings. The van der Waals surface area contributed by atoms with E-state index in [-0.39, 0.29) is 0 Å². The van der Waals surface area contributed by atoms with Crippen LogP contribution in [0, 0.1) is 0 Å². The highest BCUT2D eigenvalue weighted by Gasteiger charge is 2.08. The van der Waals surface area contributed by atoms with Crippen LogP contribution in [0.5, 0.6) is 11.5 Å². The zero-order chi connectivity index (χ0) is 13.7. The lowest BCUT2D eigenvalue weighted by molar-refractivity contribution is 0.395. The molecule has 0 unspecified atom stereocenters. The second kappa shape index (κ2) is 6.06. The molecular formula is C14H17N3O2. The van der Waals surface area contributed by atoms with Crippen molar-refractivity contribution in [2.24, 2.45) is 5.73 Å². The van der Waals surface area contributed by atoms with E-state index in [0.717, 1.165) is 22.8 Å². The van der Waals surface area contributed by atoms with Gasteiger partial charge in [0.25, 0.3) is 0 Å². The number of methoxy groups -OCH3 is 2. The largest absolute Gasteiger partial charge is 0.497 e. The van der Waals surface area contributed by atoms with Crippen molar-refractivity contribution in [2.45, 2.75) is 6.54 Å². The number of benzene rings is 1. The number of pyridine rings is 1. The summed E-state index contributed by atoms with van der Waals surface area (Å²) in [6, 6.07) is 9.35. The highest BCUT2D eigenvalue weighted by molar-refractivity contribution is 5.67. The van der Waals surface area contributed by atoms with Crippen LogP contribution in [0.2, 0.25) is 0 Å². The summed E-state index contributed by atoms with van der Waals surface area (Å²) in [5, 5.41) is 3.22. The summed E-state index contributed by atoms with van der Waals surface area (Å²) >= 11 is 0. The third-order valence-corrected chi connectivity index (χ3v) is 2.77. The van der Waals surface area contributed by atoms with Gasteiger partial charge in [0.05, 0.1) is 19.9 Å². The maximum absolute atomic E-state index is 5.69. The molecule has 100 valence electrons. The number of nitrogens with two attached hydrogens (primary N) is 1. The third kappa shape index (κ3) is 2.95. The van der Waals surface area contributed by atoms with E-state index in [1.165, 1.54) is 0 Å². The molecule has 19 heavy (non-hydrogen) atoms. The fourth-order valence-corrected chi connectivity index (χ4v) is 1.75. The van der Waals surface area contributed by atoms with Crippen molar-refractivity contribution >= 4 is 11.5 Å². The van der Waals surface area contributed by atoms with Crippen LogP contribution in [0.3, 0.4) is 0 Å². The minimum Gasteiger partial charge on any atom is -0.497 e. The second-order valence-corrected chi connectivity index (χ2v) is 3.91. The van der Waals surface area contributed by atoms with Crippen LogP contribution in [0.15, 0.2) is 36.5 Å². The molecule has 0 bridgehead atoms. The smallest absolute Gasteiger partial charge is 0.146 e. The Morgan fingerprint density at radius 1 is 1.21 bits per heavy atom. The average Bonchev–Trinajstić information content (AvgIpc) is 2.48. The molecule has 5 heteroatoms. The summed E-state index contributed by atoms with van der Waals surface area (Å²) in [6.07, 6.45) is 1.72. The Kier molecular flexibility index (Phi) is 4.20. The number of hydrogen-bond donors (Lipinski definition) is 2. The minimum atomic E-state index is 0.425. The van der Waals surface area contributed by atoms with Crippen molar-refractivity contribution in [3.05, 3.63) is 42.1 Å².